The lowest BCUT2D eigenvalue weighted by Crippen LogP contribution is -2.00. The van der Waals surface area contributed by atoms with E-state index in [0.29, 0.717) is 35.3 Å². The van der Waals surface area contributed by atoms with Crippen LogP contribution in [0.3, 0.4) is 0 Å². The fraction of sp³-hybridized carbons (Fsp3) is 0.308. The number of aromatic amines is 1. The molecule has 3 rings (SSSR count). The Balaban J connectivity index is 1.91. The van der Waals surface area contributed by atoms with E-state index in [1.807, 2.05) is 0 Å². The number of nitrogen functional groups attached to an aromatic ring is 1. The first kappa shape index (κ1) is 11.1. The lowest BCUT2D eigenvalue weighted by atomic mass is 10.1. The first-order valence-corrected chi connectivity index (χ1v) is 5.96. The second-order valence-electron chi connectivity index (χ2n) is 4.60. The van der Waals surface area contributed by atoms with Crippen LogP contribution >= 0.6 is 0 Å². The summed E-state index contributed by atoms with van der Waals surface area (Å²) in [4.78, 5) is 0. The highest BCUT2D eigenvalue weighted by molar-refractivity contribution is 5.69. The standard InChI is InChI=1S/C13H14FN3O/c14-9-3-4-12(18-7-8-1-2-8)10(5-9)11-6-13(15)17-16-11/h3-6,8H,1-2,7H2,(H3,15,16,17). The second kappa shape index (κ2) is 4.33. The molecule has 1 aliphatic rings. The van der Waals surface area contributed by atoms with Gasteiger partial charge in [0.2, 0.25) is 0 Å². The van der Waals surface area contributed by atoms with Crippen LogP contribution in [-0.4, -0.2) is 16.8 Å². The van der Waals surface area contributed by atoms with E-state index in [1.54, 1.807) is 12.1 Å². The molecular formula is C13H14FN3O. The molecule has 2 aromatic rings. The van der Waals surface area contributed by atoms with Gasteiger partial charge < -0.3 is 10.5 Å². The van der Waals surface area contributed by atoms with Gasteiger partial charge in [0.1, 0.15) is 17.4 Å². The number of hydrogen-bond donors (Lipinski definition) is 2. The summed E-state index contributed by atoms with van der Waals surface area (Å²) >= 11 is 0. The summed E-state index contributed by atoms with van der Waals surface area (Å²) in [6.07, 6.45) is 2.43. The van der Waals surface area contributed by atoms with Gasteiger partial charge >= 0.3 is 0 Å². The number of halogens is 1. The van der Waals surface area contributed by atoms with Crippen molar-refractivity contribution in [2.45, 2.75) is 12.8 Å². The highest BCUT2D eigenvalue weighted by Gasteiger charge is 2.22. The first-order chi connectivity index (χ1) is 8.72. The van der Waals surface area contributed by atoms with E-state index < -0.39 is 0 Å². The predicted molar refractivity (Wildman–Crippen MR) is 66.6 cm³/mol. The number of nitrogens with two attached hydrogens (primary N) is 1. The number of ether oxygens (including phenoxy) is 1. The minimum Gasteiger partial charge on any atom is -0.493 e. The Kier molecular flexibility index (Phi) is 2.66. The lowest BCUT2D eigenvalue weighted by Gasteiger charge is -2.10. The molecule has 0 unspecified atom stereocenters. The number of hydrogen-bond acceptors (Lipinski definition) is 3. The SMILES string of the molecule is Nc1cc(-c2cc(F)ccc2OCC2CC2)[nH]n1. The third-order valence-corrected chi connectivity index (χ3v) is 3.00. The van der Waals surface area contributed by atoms with E-state index in [-0.39, 0.29) is 5.82 Å². The minimum absolute atomic E-state index is 0.308. The summed E-state index contributed by atoms with van der Waals surface area (Å²) in [5.41, 5.74) is 6.88. The van der Waals surface area contributed by atoms with E-state index in [2.05, 4.69) is 10.2 Å². The summed E-state index contributed by atoms with van der Waals surface area (Å²) in [7, 11) is 0. The quantitative estimate of drug-likeness (QED) is 0.872. The van der Waals surface area contributed by atoms with Gasteiger partial charge in [-0.3, -0.25) is 5.10 Å². The molecule has 0 radical (unpaired) electrons. The van der Waals surface area contributed by atoms with Crippen LogP contribution < -0.4 is 10.5 Å². The summed E-state index contributed by atoms with van der Waals surface area (Å²) < 4.78 is 19.1. The molecule has 4 nitrogen and oxygen atoms in total. The highest BCUT2D eigenvalue weighted by atomic mass is 19.1. The number of nitrogens with one attached hydrogen (secondary N) is 1. The number of H-pyrrole nitrogens is 1. The molecular weight excluding hydrogens is 233 g/mol. The van der Waals surface area contributed by atoms with Gasteiger partial charge in [0.15, 0.2) is 0 Å². The van der Waals surface area contributed by atoms with Gasteiger partial charge in [0.25, 0.3) is 0 Å². The zero-order valence-electron chi connectivity index (χ0n) is 9.82. The number of anilines is 1. The van der Waals surface area contributed by atoms with Crippen LogP contribution in [0.2, 0.25) is 0 Å². The van der Waals surface area contributed by atoms with Crippen molar-refractivity contribution in [3.05, 3.63) is 30.1 Å². The largest absolute Gasteiger partial charge is 0.493 e. The summed E-state index contributed by atoms with van der Waals surface area (Å²) in [5.74, 6) is 1.38. The molecule has 0 amide bonds. The summed E-state index contributed by atoms with van der Waals surface area (Å²) in [6.45, 7) is 0.683. The fourth-order valence-corrected chi connectivity index (χ4v) is 1.81. The first-order valence-electron chi connectivity index (χ1n) is 5.96. The second-order valence-corrected chi connectivity index (χ2v) is 4.60. The molecule has 94 valence electrons. The maximum Gasteiger partial charge on any atom is 0.145 e. The van der Waals surface area contributed by atoms with Gasteiger partial charge in [0, 0.05) is 11.6 Å². The van der Waals surface area contributed by atoms with Crippen LogP contribution in [0.4, 0.5) is 10.2 Å². The van der Waals surface area contributed by atoms with Gasteiger partial charge in [-0.05, 0) is 37.0 Å². The van der Waals surface area contributed by atoms with E-state index in [0.717, 1.165) is 0 Å². The average Bonchev–Trinajstić information content (AvgIpc) is 3.09. The van der Waals surface area contributed by atoms with Crippen LogP contribution in [0, 0.1) is 11.7 Å². The Bertz CT molecular complexity index is 563. The van der Waals surface area contributed by atoms with Crippen LogP contribution in [0.5, 0.6) is 5.75 Å². The third kappa shape index (κ3) is 2.30. The molecule has 1 heterocycles. The van der Waals surface area contributed by atoms with Crippen molar-refractivity contribution in [1.29, 1.82) is 0 Å². The maximum atomic E-state index is 13.3. The molecule has 0 saturated heterocycles. The Labute approximate surface area is 104 Å². The van der Waals surface area contributed by atoms with Crippen LogP contribution in [0.1, 0.15) is 12.8 Å². The monoisotopic (exact) mass is 247 g/mol. The summed E-state index contributed by atoms with van der Waals surface area (Å²) in [6, 6.07) is 6.13. The van der Waals surface area contributed by atoms with Crippen molar-refractivity contribution >= 4 is 5.82 Å². The van der Waals surface area contributed by atoms with Crippen molar-refractivity contribution in [3.63, 3.8) is 0 Å². The van der Waals surface area contributed by atoms with Gasteiger partial charge in [-0.15, -0.1) is 0 Å². The van der Waals surface area contributed by atoms with Gasteiger partial charge in [-0.1, -0.05) is 0 Å². The van der Waals surface area contributed by atoms with Crippen LogP contribution in [-0.2, 0) is 0 Å². The fourth-order valence-electron chi connectivity index (χ4n) is 1.81. The summed E-state index contributed by atoms with van der Waals surface area (Å²) in [5, 5.41) is 6.62. The molecule has 5 heteroatoms. The molecule has 18 heavy (non-hydrogen) atoms. The van der Waals surface area contributed by atoms with Gasteiger partial charge in [0.05, 0.1) is 12.3 Å². The smallest absolute Gasteiger partial charge is 0.145 e. The average molecular weight is 247 g/mol. The Hall–Kier alpha value is -2.04. The maximum absolute atomic E-state index is 13.3. The number of nitrogens with zero attached hydrogens (tertiary/aromatic N) is 1. The zero-order valence-corrected chi connectivity index (χ0v) is 9.82. The van der Waals surface area contributed by atoms with E-state index in [9.17, 15) is 4.39 Å². The molecule has 1 aliphatic carbocycles. The Morgan fingerprint density at radius 2 is 2.22 bits per heavy atom. The lowest BCUT2D eigenvalue weighted by molar-refractivity contribution is 0.300. The Morgan fingerprint density at radius 1 is 1.39 bits per heavy atom. The molecule has 1 aromatic carbocycles. The topological polar surface area (TPSA) is 63.9 Å². The zero-order chi connectivity index (χ0) is 12.5. The Morgan fingerprint density at radius 3 is 2.89 bits per heavy atom. The van der Waals surface area contributed by atoms with E-state index >= 15 is 0 Å². The molecule has 0 atom stereocenters. The van der Waals surface area contributed by atoms with Crippen molar-refractivity contribution in [3.8, 4) is 17.0 Å². The number of benzene rings is 1. The predicted octanol–water partition coefficient (Wildman–Crippen LogP) is 2.59. The van der Waals surface area contributed by atoms with Crippen molar-refractivity contribution < 1.29 is 9.13 Å². The van der Waals surface area contributed by atoms with E-state index in [4.69, 9.17) is 10.5 Å². The molecule has 0 aliphatic heterocycles. The number of aromatic nitrogens is 2. The minimum atomic E-state index is -0.308. The third-order valence-electron chi connectivity index (χ3n) is 3.00. The van der Waals surface area contributed by atoms with E-state index in [1.165, 1.54) is 25.0 Å². The normalized spacial score (nSPS) is 14.7. The molecule has 1 aromatic heterocycles. The molecule has 3 N–H and O–H groups in total. The molecule has 1 fully saturated rings. The molecule has 0 bridgehead atoms. The van der Waals surface area contributed by atoms with Crippen LogP contribution in [0.25, 0.3) is 11.3 Å². The van der Waals surface area contributed by atoms with Gasteiger partial charge in [-0.25, -0.2) is 4.39 Å². The van der Waals surface area contributed by atoms with Crippen molar-refractivity contribution in [1.82, 2.24) is 10.2 Å². The van der Waals surface area contributed by atoms with Crippen molar-refractivity contribution in [2.75, 3.05) is 12.3 Å². The van der Waals surface area contributed by atoms with Crippen molar-refractivity contribution in [2.24, 2.45) is 5.92 Å². The van der Waals surface area contributed by atoms with Crippen LogP contribution in [0.15, 0.2) is 24.3 Å². The molecule has 1 saturated carbocycles. The highest BCUT2D eigenvalue weighted by Crippen LogP contribution is 2.34. The number of rotatable bonds is 4. The van der Waals surface area contributed by atoms with Gasteiger partial charge in [-0.2, -0.15) is 5.10 Å². The molecule has 0 spiro atoms.